The number of anilines is 1. The van der Waals surface area contributed by atoms with Crippen LogP contribution in [0.15, 0.2) is 76.6 Å². The van der Waals surface area contributed by atoms with E-state index in [0.29, 0.717) is 18.8 Å². The molecule has 0 aliphatic heterocycles. The van der Waals surface area contributed by atoms with E-state index in [1.165, 1.54) is 16.6 Å². The van der Waals surface area contributed by atoms with Crippen molar-refractivity contribution in [3.63, 3.8) is 0 Å². The Balaban J connectivity index is 1.48. The third kappa shape index (κ3) is 4.78. The van der Waals surface area contributed by atoms with Crippen molar-refractivity contribution >= 4 is 32.7 Å². The van der Waals surface area contributed by atoms with E-state index in [4.69, 9.17) is 0 Å². The topological polar surface area (TPSA) is 117 Å². The van der Waals surface area contributed by atoms with Gasteiger partial charge in [0.25, 0.3) is 5.56 Å². The quantitative estimate of drug-likeness (QED) is 0.403. The summed E-state index contributed by atoms with van der Waals surface area (Å²) in [5.74, 6) is 0.271. The molecule has 4 rings (SSSR count). The lowest BCUT2D eigenvalue weighted by molar-refractivity contribution is -0.116. The first kappa shape index (κ1) is 23.4. The Bertz CT molecular complexity index is 1450. The maximum atomic E-state index is 12.7. The van der Waals surface area contributed by atoms with E-state index in [0.717, 1.165) is 33.1 Å². The number of para-hydroxylation sites is 2. The molecule has 0 radical (unpaired) electrons. The Hall–Kier alpha value is -3.76. The summed E-state index contributed by atoms with van der Waals surface area (Å²) >= 11 is 0. The molecule has 0 bridgehead atoms. The van der Waals surface area contributed by atoms with Crippen LogP contribution in [0.5, 0.6) is 0 Å². The molecule has 0 aliphatic rings. The predicted molar refractivity (Wildman–Crippen MR) is 131 cm³/mol. The van der Waals surface area contributed by atoms with Gasteiger partial charge in [-0.2, -0.15) is 4.31 Å². The van der Waals surface area contributed by atoms with Gasteiger partial charge in [0.1, 0.15) is 12.4 Å². The van der Waals surface area contributed by atoms with Crippen LogP contribution in [0.4, 0.5) is 5.69 Å². The monoisotopic (exact) mass is 479 g/mol. The zero-order valence-corrected chi connectivity index (χ0v) is 19.7. The van der Waals surface area contributed by atoms with Gasteiger partial charge in [-0.05, 0) is 42.5 Å². The van der Waals surface area contributed by atoms with E-state index in [9.17, 15) is 18.0 Å². The van der Waals surface area contributed by atoms with Gasteiger partial charge in [0.15, 0.2) is 0 Å². The molecule has 0 spiro atoms. The largest absolute Gasteiger partial charge is 0.338 e. The number of nitrogens with one attached hydrogen (secondary N) is 2. The smallest absolute Gasteiger partial charge is 0.251 e. The molecule has 1 amide bonds. The summed E-state index contributed by atoms with van der Waals surface area (Å²) in [4.78, 5) is 32.6. The lowest BCUT2D eigenvalue weighted by atomic mass is 10.2. The molecule has 0 saturated heterocycles. The summed E-state index contributed by atoms with van der Waals surface area (Å²) in [6.07, 6.45) is 1.21. The molecule has 9 nitrogen and oxygen atoms in total. The van der Waals surface area contributed by atoms with Gasteiger partial charge < -0.3 is 14.9 Å². The molecule has 0 saturated carbocycles. The van der Waals surface area contributed by atoms with E-state index in [1.807, 2.05) is 36.4 Å². The highest BCUT2D eigenvalue weighted by Gasteiger charge is 2.22. The number of pyridine rings is 1. The molecule has 4 aromatic rings. The van der Waals surface area contributed by atoms with Crippen molar-refractivity contribution in [2.45, 2.75) is 25.3 Å². The van der Waals surface area contributed by atoms with E-state index in [2.05, 4.69) is 15.3 Å². The molecule has 2 N–H and O–H groups in total. The Labute approximate surface area is 197 Å². The number of aromatic amines is 1. The van der Waals surface area contributed by atoms with Crippen LogP contribution in [-0.2, 0) is 21.4 Å². The van der Waals surface area contributed by atoms with Crippen LogP contribution in [0.2, 0.25) is 0 Å². The summed E-state index contributed by atoms with van der Waals surface area (Å²) in [5, 5.41) is 2.74. The van der Waals surface area contributed by atoms with Gasteiger partial charge in [0, 0.05) is 36.6 Å². The van der Waals surface area contributed by atoms with Crippen molar-refractivity contribution < 1.29 is 13.2 Å². The highest BCUT2D eigenvalue weighted by Crippen LogP contribution is 2.22. The second-order valence-corrected chi connectivity index (χ2v) is 9.59. The average molecular weight is 480 g/mol. The zero-order chi connectivity index (χ0) is 24.3. The number of aromatic nitrogens is 3. The number of rotatable bonds is 8. The summed E-state index contributed by atoms with van der Waals surface area (Å²) in [6, 6.07) is 17.3. The van der Waals surface area contributed by atoms with E-state index >= 15 is 0 Å². The van der Waals surface area contributed by atoms with Crippen LogP contribution >= 0.6 is 0 Å². The minimum Gasteiger partial charge on any atom is -0.338 e. The van der Waals surface area contributed by atoms with Crippen molar-refractivity contribution in [2.24, 2.45) is 0 Å². The summed E-state index contributed by atoms with van der Waals surface area (Å²) < 4.78 is 27.9. The maximum Gasteiger partial charge on any atom is 0.251 e. The number of hydrogen-bond acceptors (Lipinski definition) is 5. The normalized spacial score (nSPS) is 11.7. The lowest BCUT2D eigenvalue weighted by Crippen LogP contribution is -2.33. The molecule has 2 heterocycles. The SMILES string of the molecule is CCN(CC)S(=O)(=O)c1ccc(=O)n(CC(=O)Nc2ccc(-c3nc4ccccc4[nH]3)cc2)c1. The van der Waals surface area contributed by atoms with Crippen molar-refractivity contribution in [1.29, 1.82) is 0 Å². The van der Waals surface area contributed by atoms with Crippen LogP contribution in [0.1, 0.15) is 13.8 Å². The Kier molecular flexibility index (Phi) is 6.62. The summed E-state index contributed by atoms with van der Waals surface area (Å²) in [5.41, 5.74) is 2.74. The predicted octanol–water partition coefficient (Wildman–Crippen LogP) is 3.06. The lowest BCUT2D eigenvalue weighted by Gasteiger charge is -2.19. The first-order valence-corrected chi connectivity index (χ1v) is 12.3. The third-order valence-corrected chi connectivity index (χ3v) is 7.48. The van der Waals surface area contributed by atoms with Crippen LogP contribution in [0.25, 0.3) is 22.4 Å². The molecule has 0 aliphatic carbocycles. The second kappa shape index (κ2) is 9.62. The molecular formula is C24H25N5O4S. The minimum atomic E-state index is -3.74. The number of amides is 1. The van der Waals surface area contributed by atoms with Crippen molar-refractivity contribution in [1.82, 2.24) is 18.8 Å². The van der Waals surface area contributed by atoms with Gasteiger partial charge in [0.05, 0.1) is 15.9 Å². The Morgan fingerprint density at radius 3 is 2.41 bits per heavy atom. The number of imidazole rings is 1. The molecule has 0 fully saturated rings. The number of carbonyl (C=O) groups is 1. The zero-order valence-electron chi connectivity index (χ0n) is 18.9. The number of hydrogen-bond donors (Lipinski definition) is 2. The standard InChI is InChI=1S/C24H25N5O4S/c1-3-29(4-2)34(32,33)19-13-14-23(31)28(15-19)16-22(30)25-18-11-9-17(10-12-18)24-26-20-7-5-6-8-21(20)27-24/h5-15H,3-4,16H2,1-2H3,(H,25,30)(H,26,27). The van der Waals surface area contributed by atoms with E-state index in [-0.39, 0.29) is 11.4 Å². The summed E-state index contributed by atoms with van der Waals surface area (Å²) in [6.45, 7) is 3.78. The van der Waals surface area contributed by atoms with Gasteiger partial charge in [-0.3, -0.25) is 9.59 Å². The maximum absolute atomic E-state index is 12.7. The molecule has 34 heavy (non-hydrogen) atoms. The fourth-order valence-corrected chi connectivity index (χ4v) is 5.13. The summed E-state index contributed by atoms with van der Waals surface area (Å²) in [7, 11) is -3.74. The van der Waals surface area contributed by atoms with Gasteiger partial charge in [-0.1, -0.05) is 26.0 Å². The van der Waals surface area contributed by atoms with Crippen LogP contribution in [0, 0.1) is 0 Å². The van der Waals surface area contributed by atoms with Crippen molar-refractivity contribution in [3.05, 3.63) is 77.2 Å². The average Bonchev–Trinajstić information content (AvgIpc) is 3.26. The number of carbonyl (C=O) groups excluding carboxylic acids is 1. The fourth-order valence-electron chi connectivity index (χ4n) is 3.65. The molecule has 176 valence electrons. The number of sulfonamides is 1. The van der Waals surface area contributed by atoms with Crippen LogP contribution < -0.4 is 10.9 Å². The van der Waals surface area contributed by atoms with E-state index in [1.54, 1.807) is 26.0 Å². The molecule has 10 heteroatoms. The third-order valence-electron chi connectivity index (χ3n) is 5.44. The first-order valence-electron chi connectivity index (χ1n) is 10.9. The van der Waals surface area contributed by atoms with Gasteiger partial charge >= 0.3 is 0 Å². The van der Waals surface area contributed by atoms with Gasteiger partial charge in [0.2, 0.25) is 15.9 Å². The molecule has 2 aromatic carbocycles. The molecular weight excluding hydrogens is 454 g/mol. The molecule has 0 atom stereocenters. The number of benzene rings is 2. The fraction of sp³-hybridized carbons (Fsp3) is 0.208. The first-order chi connectivity index (χ1) is 16.3. The number of nitrogens with zero attached hydrogens (tertiary/aromatic N) is 3. The van der Waals surface area contributed by atoms with Crippen LogP contribution in [0.3, 0.4) is 0 Å². The highest BCUT2D eigenvalue weighted by molar-refractivity contribution is 7.89. The molecule has 2 aromatic heterocycles. The van der Waals surface area contributed by atoms with Gasteiger partial charge in [-0.25, -0.2) is 13.4 Å². The Morgan fingerprint density at radius 1 is 1.03 bits per heavy atom. The van der Waals surface area contributed by atoms with E-state index < -0.39 is 21.5 Å². The van der Waals surface area contributed by atoms with Crippen molar-refractivity contribution in [2.75, 3.05) is 18.4 Å². The Morgan fingerprint density at radius 2 is 1.74 bits per heavy atom. The number of H-pyrrole nitrogens is 1. The second-order valence-electron chi connectivity index (χ2n) is 7.65. The molecule has 0 unspecified atom stereocenters. The van der Waals surface area contributed by atoms with Crippen LogP contribution in [-0.4, -0.2) is 46.3 Å². The van der Waals surface area contributed by atoms with Crippen molar-refractivity contribution in [3.8, 4) is 11.4 Å². The number of fused-ring (bicyclic) bond motifs is 1. The van der Waals surface area contributed by atoms with Gasteiger partial charge in [-0.15, -0.1) is 0 Å². The highest BCUT2D eigenvalue weighted by atomic mass is 32.2. The minimum absolute atomic E-state index is 0.0289.